The van der Waals surface area contributed by atoms with Crippen molar-refractivity contribution in [2.24, 2.45) is 5.11 Å². The van der Waals surface area contributed by atoms with Crippen molar-refractivity contribution < 1.29 is 9.53 Å². The van der Waals surface area contributed by atoms with Gasteiger partial charge in [-0.3, -0.25) is 0 Å². The third-order valence-electron chi connectivity index (χ3n) is 1.80. The van der Waals surface area contributed by atoms with Crippen LogP contribution in [0.1, 0.15) is 5.56 Å². The molecule has 0 aromatic heterocycles. The normalized spacial score (nSPS) is 10.5. The number of halogens is 1. The molecule has 0 N–H and O–H groups in total. The Labute approximate surface area is 100 Å². The van der Waals surface area contributed by atoms with Crippen molar-refractivity contribution in [2.45, 2.75) is 0 Å². The second kappa shape index (κ2) is 5.95. The minimum absolute atomic E-state index is 0.216. The Balaban J connectivity index is 3.16. The molecule has 0 fully saturated rings. The van der Waals surface area contributed by atoms with Crippen LogP contribution in [0.5, 0.6) is 0 Å². The summed E-state index contributed by atoms with van der Waals surface area (Å²) in [7, 11) is 1.27. The van der Waals surface area contributed by atoms with E-state index in [1.807, 2.05) is 0 Å². The summed E-state index contributed by atoms with van der Waals surface area (Å²) >= 11 is 3.28. The largest absolute Gasteiger partial charge is 0.465 e. The predicted octanol–water partition coefficient (Wildman–Crippen LogP) is 3.27. The number of hydrogen-bond acceptors (Lipinski definition) is 3. The van der Waals surface area contributed by atoms with Gasteiger partial charge in [-0.25, -0.2) is 4.79 Å². The van der Waals surface area contributed by atoms with Crippen molar-refractivity contribution in [1.29, 1.82) is 0 Å². The summed E-state index contributed by atoms with van der Waals surface area (Å²) in [6.07, 6.45) is 1.13. The first-order valence-corrected chi connectivity index (χ1v) is 5.07. The van der Waals surface area contributed by atoms with Gasteiger partial charge in [-0.1, -0.05) is 33.2 Å². The third-order valence-corrected chi connectivity index (χ3v) is 2.33. The maximum absolute atomic E-state index is 11.4. The van der Waals surface area contributed by atoms with Crippen LogP contribution in [0.25, 0.3) is 16.0 Å². The van der Waals surface area contributed by atoms with Crippen LogP contribution >= 0.6 is 15.9 Å². The number of rotatable bonds is 3. The topological polar surface area (TPSA) is 75.1 Å². The van der Waals surface area contributed by atoms with E-state index in [2.05, 4.69) is 30.7 Å². The SMILES string of the molecule is COC(=O)/C(=C/N=[N+]=[N-])c1ccc(Br)cc1. The average Bonchev–Trinajstić information content (AvgIpc) is 2.31. The molecular formula is C10H8BrN3O2. The summed E-state index contributed by atoms with van der Waals surface area (Å²) in [6.45, 7) is 0. The molecule has 6 heteroatoms. The zero-order chi connectivity index (χ0) is 12.0. The fourth-order valence-electron chi connectivity index (χ4n) is 1.07. The zero-order valence-corrected chi connectivity index (χ0v) is 10.0. The van der Waals surface area contributed by atoms with Crippen LogP contribution < -0.4 is 0 Å². The van der Waals surface area contributed by atoms with Gasteiger partial charge < -0.3 is 4.74 Å². The van der Waals surface area contributed by atoms with Gasteiger partial charge in [0.2, 0.25) is 0 Å². The van der Waals surface area contributed by atoms with Gasteiger partial charge in [-0.2, -0.15) is 0 Å². The fraction of sp³-hybridized carbons (Fsp3) is 0.100. The first kappa shape index (κ1) is 12.3. The highest BCUT2D eigenvalue weighted by molar-refractivity contribution is 9.10. The Morgan fingerprint density at radius 3 is 2.62 bits per heavy atom. The summed E-state index contributed by atoms with van der Waals surface area (Å²) in [4.78, 5) is 14.0. The summed E-state index contributed by atoms with van der Waals surface area (Å²) in [5, 5.41) is 3.25. The molecule has 0 spiro atoms. The molecule has 0 bridgehead atoms. The minimum atomic E-state index is -0.547. The number of benzene rings is 1. The molecule has 16 heavy (non-hydrogen) atoms. The molecule has 0 saturated heterocycles. The van der Waals surface area contributed by atoms with E-state index >= 15 is 0 Å². The maximum Gasteiger partial charge on any atom is 0.338 e. The van der Waals surface area contributed by atoms with Crippen LogP contribution in [-0.4, -0.2) is 13.1 Å². The molecule has 0 amide bonds. The van der Waals surface area contributed by atoms with Gasteiger partial charge in [0.25, 0.3) is 0 Å². The highest BCUT2D eigenvalue weighted by Gasteiger charge is 2.11. The molecule has 0 unspecified atom stereocenters. The fourth-order valence-corrected chi connectivity index (χ4v) is 1.33. The molecule has 0 aliphatic carbocycles. The minimum Gasteiger partial charge on any atom is -0.465 e. The molecule has 0 aliphatic heterocycles. The van der Waals surface area contributed by atoms with Gasteiger partial charge >= 0.3 is 5.97 Å². The van der Waals surface area contributed by atoms with Gasteiger partial charge in [0.15, 0.2) is 0 Å². The van der Waals surface area contributed by atoms with E-state index in [9.17, 15) is 4.79 Å². The Hall–Kier alpha value is -1.78. The predicted molar refractivity (Wildman–Crippen MR) is 63.3 cm³/mol. The van der Waals surface area contributed by atoms with E-state index in [1.54, 1.807) is 24.3 Å². The molecule has 1 aromatic rings. The van der Waals surface area contributed by atoms with E-state index in [0.29, 0.717) is 5.56 Å². The van der Waals surface area contributed by atoms with Crippen molar-refractivity contribution in [3.63, 3.8) is 0 Å². The third kappa shape index (κ3) is 3.12. The number of azide groups is 1. The number of esters is 1. The lowest BCUT2D eigenvalue weighted by Gasteiger charge is -2.04. The lowest BCUT2D eigenvalue weighted by molar-refractivity contribution is -0.133. The number of hydrogen-bond donors (Lipinski definition) is 0. The maximum atomic E-state index is 11.4. The number of carbonyl (C=O) groups is 1. The van der Waals surface area contributed by atoms with Crippen molar-refractivity contribution in [3.8, 4) is 0 Å². The smallest absolute Gasteiger partial charge is 0.338 e. The molecule has 0 radical (unpaired) electrons. The van der Waals surface area contributed by atoms with Crippen LogP contribution in [0.15, 0.2) is 40.1 Å². The van der Waals surface area contributed by atoms with Crippen LogP contribution in [0.2, 0.25) is 0 Å². The van der Waals surface area contributed by atoms with Crippen molar-refractivity contribution in [3.05, 3.63) is 50.9 Å². The van der Waals surface area contributed by atoms with Gasteiger partial charge in [-0.05, 0) is 23.2 Å². The van der Waals surface area contributed by atoms with Crippen molar-refractivity contribution in [2.75, 3.05) is 7.11 Å². The highest BCUT2D eigenvalue weighted by Crippen LogP contribution is 2.19. The number of nitrogens with zero attached hydrogens (tertiary/aromatic N) is 3. The molecule has 0 heterocycles. The molecule has 5 nitrogen and oxygen atoms in total. The van der Waals surface area contributed by atoms with Crippen molar-refractivity contribution in [1.82, 2.24) is 0 Å². The van der Waals surface area contributed by atoms with Gasteiger partial charge in [0.1, 0.15) is 0 Å². The lowest BCUT2D eigenvalue weighted by atomic mass is 10.1. The number of carbonyl (C=O) groups excluding carboxylic acids is 1. The monoisotopic (exact) mass is 281 g/mol. The highest BCUT2D eigenvalue weighted by atomic mass is 79.9. The molecule has 1 aromatic carbocycles. The van der Waals surface area contributed by atoms with Gasteiger partial charge in [0, 0.05) is 15.6 Å². The van der Waals surface area contributed by atoms with E-state index in [1.165, 1.54) is 7.11 Å². The van der Waals surface area contributed by atoms with Crippen LogP contribution in [0.3, 0.4) is 0 Å². The Bertz CT molecular complexity index is 461. The van der Waals surface area contributed by atoms with Crippen LogP contribution in [0, 0.1) is 0 Å². The zero-order valence-electron chi connectivity index (χ0n) is 8.42. The van der Waals surface area contributed by atoms with Crippen molar-refractivity contribution >= 4 is 27.5 Å². The Morgan fingerprint density at radius 1 is 1.50 bits per heavy atom. The first-order chi connectivity index (χ1) is 7.69. The molecule has 0 atom stereocenters. The summed E-state index contributed by atoms with van der Waals surface area (Å²) in [5.74, 6) is -0.547. The molecule has 0 aliphatic rings. The van der Waals surface area contributed by atoms with E-state index in [4.69, 9.17) is 5.53 Å². The second-order valence-electron chi connectivity index (χ2n) is 2.75. The quantitative estimate of drug-likeness (QED) is 0.280. The second-order valence-corrected chi connectivity index (χ2v) is 3.66. The Kier molecular flexibility index (Phi) is 4.57. The van der Waals surface area contributed by atoms with E-state index < -0.39 is 5.97 Å². The molecule has 0 saturated carbocycles. The van der Waals surface area contributed by atoms with Crippen LogP contribution in [0.4, 0.5) is 0 Å². The van der Waals surface area contributed by atoms with Crippen LogP contribution in [-0.2, 0) is 9.53 Å². The molecular weight excluding hydrogens is 274 g/mol. The summed E-state index contributed by atoms with van der Waals surface area (Å²) < 4.78 is 5.48. The first-order valence-electron chi connectivity index (χ1n) is 4.27. The standard InChI is InChI=1S/C10H8BrN3O2/c1-16-10(15)9(6-13-14-12)7-2-4-8(11)5-3-7/h2-6H,1H3/b9-6+. The number of ether oxygens (including phenoxy) is 1. The van der Waals surface area contributed by atoms with Gasteiger partial charge in [0.05, 0.1) is 12.7 Å². The average molecular weight is 282 g/mol. The lowest BCUT2D eigenvalue weighted by Crippen LogP contribution is -2.03. The number of methoxy groups -OCH3 is 1. The van der Waals surface area contributed by atoms with E-state index in [0.717, 1.165) is 10.7 Å². The Morgan fingerprint density at radius 2 is 2.12 bits per heavy atom. The van der Waals surface area contributed by atoms with E-state index in [-0.39, 0.29) is 5.57 Å². The van der Waals surface area contributed by atoms with Gasteiger partial charge in [-0.15, -0.1) is 0 Å². The summed E-state index contributed by atoms with van der Waals surface area (Å²) in [6, 6.07) is 7.00. The molecule has 1 rings (SSSR count). The summed E-state index contributed by atoms with van der Waals surface area (Å²) in [5.41, 5.74) is 9.06. The molecule has 82 valence electrons.